The molecular formula is C24H22N6. The lowest BCUT2D eigenvalue weighted by Gasteiger charge is -2.41. The standard InChI is InChI=1S/C24H22N6/c25-15-18-10-11-23(21-8-2-1-7-20(18)21)30-14-6-5-13-29(30)17-19-16-27-28-24(19)22-9-3-4-12-26-22/h1-4,7-12,16H,5-6,13-14,17H2,(H,27,28). The van der Waals surface area contributed by atoms with Gasteiger partial charge >= 0.3 is 0 Å². The fourth-order valence-electron chi connectivity index (χ4n) is 4.22. The van der Waals surface area contributed by atoms with E-state index in [-0.39, 0.29) is 0 Å². The number of hydrogen-bond donors (Lipinski definition) is 1. The maximum absolute atomic E-state index is 9.51. The minimum Gasteiger partial charge on any atom is -0.305 e. The van der Waals surface area contributed by atoms with Crippen LogP contribution < -0.4 is 5.01 Å². The van der Waals surface area contributed by atoms with Crippen molar-refractivity contribution >= 4 is 16.5 Å². The van der Waals surface area contributed by atoms with Crippen molar-refractivity contribution in [3.8, 4) is 17.5 Å². The summed E-state index contributed by atoms with van der Waals surface area (Å²) in [6.07, 6.45) is 5.99. The van der Waals surface area contributed by atoms with Crippen LogP contribution in [0.1, 0.15) is 24.0 Å². The summed E-state index contributed by atoms with van der Waals surface area (Å²) in [6, 6.07) is 20.4. The Labute approximate surface area is 175 Å². The Morgan fingerprint density at radius 3 is 2.63 bits per heavy atom. The van der Waals surface area contributed by atoms with E-state index in [0.717, 1.165) is 65.9 Å². The highest BCUT2D eigenvalue weighted by molar-refractivity contribution is 5.97. The number of hydrazine groups is 1. The largest absolute Gasteiger partial charge is 0.305 e. The maximum atomic E-state index is 9.51. The summed E-state index contributed by atoms with van der Waals surface area (Å²) in [4.78, 5) is 4.48. The first-order valence-electron chi connectivity index (χ1n) is 10.2. The van der Waals surface area contributed by atoms with Crippen molar-refractivity contribution in [1.29, 1.82) is 5.26 Å². The molecule has 6 heteroatoms. The van der Waals surface area contributed by atoms with Gasteiger partial charge in [-0.05, 0) is 37.1 Å². The molecule has 3 heterocycles. The summed E-state index contributed by atoms with van der Waals surface area (Å²) < 4.78 is 0. The molecule has 0 saturated carbocycles. The number of aromatic amines is 1. The smallest absolute Gasteiger partial charge is 0.0998 e. The highest BCUT2D eigenvalue weighted by Gasteiger charge is 2.24. The molecular weight excluding hydrogens is 372 g/mol. The molecule has 1 saturated heterocycles. The molecule has 1 aliphatic heterocycles. The molecule has 5 rings (SSSR count). The van der Waals surface area contributed by atoms with Crippen LogP contribution in [0.3, 0.4) is 0 Å². The van der Waals surface area contributed by atoms with Crippen molar-refractivity contribution in [2.24, 2.45) is 0 Å². The lowest BCUT2D eigenvalue weighted by molar-refractivity contribution is 0.205. The first-order valence-corrected chi connectivity index (χ1v) is 10.2. The van der Waals surface area contributed by atoms with E-state index < -0.39 is 0 Å². The highest BCUT2D eigenvalue weighted by Crippen LogP contribution is 2.33. The van der Waals surface area contributed by atoms with Gasteiger partial charge in [0.1, 0.15) is 0 Å². The van der Waals surface area contributed by atoms with Crippen molar-refractivity contribution in [3.63, 3.8) is 0 Å². The van der Waals surface area contributed by atoms with Gasteiger partial charge in [0.25, 0.3) is 0 Å². The van der Waals surface area contributed by atoms with Crippen molar-refractivity contribution in [2.75, 3.05) is 18.1 Å². The molecule has 0 aliphatic carbocycles. The van der Waals surface area contributed by atoms with Gasteiger partial charge in [0, 0.05) is 42.2 Å². The van der Waals surface area contributed by atoms with E-state index in [9.17, 15) is 5.26 Å². The van der Waals surface area contributed by atoms with Gasteiger partial charge in [-0.3, -0.25) is 10.1 Å². The molecule has 4 aromatic rings. The fourth-order valence-corrected chi connectivity index (χ4v) is 4.22. The van der Waals surface area contributed by atoms with E-state index in [1.807, 2.05) is 48.7 Å². The molecule has 148 valence electrons. The SMILES string of the molecule is N#Cc1ccc(N2CCCCN2Cc2cn[nH]c2-c2ccccn2)c2ccccc12. The Morgan fingerprint density at radius 1 is 0.967 bits per heavy atom. The molecule has 30 heavy (non-hydrogen) atoms. The molecule has 1 aliphatic rings. The number of nitrogens with one attached hydrogen (secondary N) is 1. The molecule has 1 N–H and O–H groups in total. The summed E-state index contributed by atoms with van der Waals surface area (Å²) in [6.45, 7) is 2.67. The van der Waals surface area contributed by atoms with Gasteiger partial charge in [0.15, 0.2) is 0 Å². The third-order valence-corrected chi connectivity index (χ3v) is 5.67. The molecule has 2 aromatic heterocycles. The minimum absolute atomic E-state index is 0.713. The predicted octanol–water partition coefficient (Wildman–Crippen LogP) is 4.51. The molecule has 0 radical (unpaired) electrons. The minimum atomic E-state index is 0.713. The van der Waals surface area contributed by atoms with E-state index in [2.05, 4.69) is 43.4 Å². The van der Waals surface area contributed by atoms with E-state index >= 15 is 0 Å². The Hall–Kier alpha value is -3.69. The number of hydrogen-bond acceptors (Lipinski definition) is 5. The van der Waals surface area contributed by atoms with Crippen LogP contribution in [0.15, 0.2) is 67.0 Å². The van der Waals surface area contributed by atoms with Gasteiger partial charge in [0.2, 0.25) is 0 Å². The van der Waals surface area contributed by atoms with Gasteiger partial charge in [-0.2, -0.15) is 10.4 Å². The van der Waals surface area contributed by atoms with Gasteiger partial charge < -0.3 is 5.01 Å². The Kier molecular flexibility index (Phi) is 4.88. The number of fused-ring (bicyclic) bond motifs is 1. The van der Waals surface area contributed by atoms with Crippen molar-refractivity contribution in [2.45, 2.75) is 19.4 Å². The lowest BCUT2D eigenvalue weighted by atomic mass is 10.0. The third kappa shape index (κ3) is 3.30. The molecule has 0 amide bonds. The van der Waals surface area contributed by atoms with Gasteiger partial charge in [-0.15, -0.1) is 0 Å². The summed E-state index contributed by atoms with van der Waals surface area (Å²) >= 11 is 0. The maximum Gasteiger partial charge on any atom is 0.0998 e. The average molecular weight is 394 g/mol. The Balaban J connectivity index is 1.51. The van der Waals surface area contributed by atoms with Crippen molar-refractivity contribution in [1.82, 2.24) is 20.2 Å². The zero-order valence-corrected chi connectivity index (χ0v) is 16.6. The van der Waals surface area contributed by atoms with Crippen LogP contribution in [0.4, 0.5) is 5.69 Å². The summed E-state index contributed by atoms with van der Waals surface area (Å²) in [5.41, 5.74) is 4.85. The lowest BCUT2D eigenvalue weighted by Crippen LogP contribution is -2.47. The number of nitrogens with zero attached hydrogens (tertiary/aromatic N) is 5. The number of H-pyrrole nitrogens is 1. The molecule has 0 bridgehead atoms. The summed E-state index contributed by atoms with van der Waals surface area (Å²) in [7, 11) is 0. The zero-order valence-electron chi connectivity index (χ0n) is 16.6. The summed E-state index contributed by atoms with van der Waals surface area (Å²) in [5, 5.41) is 23.8. The van der Waals surface area contributed by atoms with E-state index in [1.165, 1.54) is 0 Å². The van der Waals surface area contributed by atoms with Crippen LogP contribution in [0, 0.1) is 11.3 Å². The second-order valence-corrected chi connectivity index (χ2v) is 7.49. The Morgan fingerprint density at radius 2 is 1.80 bits per heavy atom. The molecule has 0 unspecified atom stereocenters. The predicted molar refractivity (Wildman–Crippen MR) is 117 cm³/mol. The average Bonchev–Trinajstić information content (AvgIpc) is 3.27. The normalized spacial score (nSPS) is 14.7. The van der Waals surface area contributed by atoms with Gasteiger partial charge in [0.05, 0.1) is 34.9 Å². The van der Waals surface area contributed by atoms with Crippen LogP contribution in [0.25, 0.3) is 22.2 Å². The molecule has 2 aromatic carbocycles. The van der Waals surface area contributed by atoms with E-state index in [1.54, 1.807) is 6.20 Å². The second kappa shape index (κ2) is 7.97. The monoisotopic (exact) mass is 394 g/mol. The van der Waals surface area contributed by atoms with Crippen molar-refractivity contribution < 1.29 is 0 Å². The number of aromatic nitrogens is 3. The van der Waals surface area contributed by atoms with Crippen LogP contribution >= 0.6 is 0 Å². The van der Waals surface area contributed by atoms with Crippen molar-refractivity contribution in [3.05, 3.63) is 78.1 Å². The van der Waals surface area contributed by atoms with Gasteiger partial charge in [-0.1, -0.05) is 30.3 Å². The summed E-state index contributed by atoms with van der Waals surface area (Å²) in [5.74, 6) is 0. The van der Waals surface area contributed by atoms with Crippen LogP contribution in [0.2, 0.25) is 0 Å². The third-order valence-electron chi connectivity index (χ3n) is 5.67. The van der Waals surface area contributed by atoms with Gasteiger partial charge in [-0.25, -0.2) is 5.01 Å². The van der Waals surface area contributed by atoms with Crippen LogP contribution in [0.5, 0.6) is 0 Å². The quantitative estimate of drug-likeness (QED) is 0.551. The number of benzene rings is 2. The van der Waals surface area contributed by atoms with Crippen LogP contribution in [-0.2, 0) is 6.54 Å². The fraction of sp³-hybridized carbons (Fsp3) is 0.208. The zero-order chi connectivity index (χ0) is 20.3. The first-order chi connectivity index (χ1) is 14.8. The second-order valence-electron chi connectivity index (χ2n) is 7.49. The molecule has 6 nitrogen and oxygen atoms in total. The van der Waals surface area contributed by atoms with E-state index in [4.69, 9.17) is 0 Å². The molecule has 0 atom stereocenters. The number of anilines is 1. The molecule has 0 spiro atoms. The number of nitriles is 1. The first kappa shape index (κ1) is 18.3. The highest BCUT2D eigenvalue weighted by atomic mass is 15.6. The Bertz CT molecular complexity index is 1210. The van der Waals surface area contributed by atoms with E-state index in [0.29, 0.717) is 5.56 Å². The topological polar surface area (TPSA) is 71.8 Å². The molecule has 1 fully saturated rings. The van der Waals surface area contributed by atoms with Crippen LogP contribution in [-0.4, -0.2) is 33.3 Å². The number of pyridine rings is 1. The number of rotatable bonds is 4.